The number of fused-ring (bicyclic) bond motifs is 1. The highest BCUT2D eigenvalue weighted by molar-refractivity contribution is 7.09. The molecule has 2 fully saturated rings. The van der Waals surface area contributed by atoms with Gasteiger partial charge in [-0.2, -0.15) is 0 Å². The molecular formula is C18H23N3O2S. The van der Waals surface area contributed by atoms with Crippen molar-refractivity contribution in [3.63, 3.8) is 0 Å². The van der Waals surface area contributed by atoms with Gasteiger partial charge < -0.3 is 9.47 Å². The average molecular weight is 345 g/mol. The second-order valence-corrected chi connectivity index (χ2v) is 7.98. The normalized spacial score (nSPS) is 30.2. The number of pyridine rings is 1. The van der Waals surface area contributed by atoms with Crippen molar-refractivity contribution < 1.29 is 9.47 Å². The maximum absolute atomic E-state index is 6.37. The highest BCUT2D eigenvalue weighted by Gasteiger charge is 2.46. The minimum atomic E-state index is -0.206. The third kappa shape index (κ3) is 3.61. The van der Waals surface area contributed by atoms with E-state index in [1.54, 1.807) is 23.7 Å². The van der Waals surface area contributed by atoms with Gasteiger partial charge in [-0.25, -0.2) is 4.98 Å². The van der Waals surface area contributed by atoms with Crippen molar-refractivity contribution in [2.24, 2.45) is 5.92 Å². The predicted molar refractivity (Wildman–Crippen MR) is 93.1 cm³/mol. The summed E-state index contributed by atoms with van der Waals surface area (Å²) in [5.41, 5.74) is -0.206. The van der Waals surface area contributed by atoms with E-state index in [-0.39, 0.29) is 5.60 Å². The van der Waals surface area contributed by atoms with E-state index in [1.807, 2.05) is 23.7 Å². The molecule has 2 saturated heterocycles. The van der Waals surface area contributed by atoms with Crippen LogP contribution in [-0.2, 0) is 11.3 Å². The molecule has 0 spiro atoms. The number of nitrogens with zero attached hydrogens (tertiary/aromatic N) is 3. The molecule has 0 N–H and O–H groups in total. The molecular weight excluding hydrogens is 322 g/mol. The lowest BCUT2D eigenvalue weighted by Gasteiger charge is -2.33. The van der Waals surface area contributed by atoms with Crippen LogP contribution in [0.5, 0.6) is 5.75 Å². The molecule has 0 radical (unpaired) electrons. The molecule has 0 aliphatic carbocycles. The van der Waals surface area contributed by atoms with E-state index >= 15 is 0 Å². The van der Waals surface area contributed by atoms with Gasteiger partial charge in [-0.05, 0) is 31.9 Å². The highest BCUT2D eigenvalue weighted by atomic mass is 32.1. The smallest absolute Gasteiger partial charge is 0.137 e. The molecule has 2 aliphatic rings. The Hall–Kier alpha value is -1.50. The third-order valence-electron chi connectivity index (χ3n) is 4.90. The predicted octanol–water partition coefficient (Wildman–Crippen LogP) is 2.99. The number of ether oxygens (including phenoxy) is 2. The number of likely N-dealkylation sites (tertiary alicyclic amines) is 1. The lowest BCUT2D eigenvalue weighted by atomic mass is 9.89. The van der Waals surface area contributed by atoms with Crippen LogP contribution in [0.15, 0.2) is 36.1 Å². The molecule has 3 atom stereocenters. The third-order valence-corrected chi connectivity index (χ3v) is 5.66. The van der Waals surface area contributed by atoms with Crippen LogP contribution in [0.4, 0.5) is 0 Å². The van der Waals surface area contributed by atoms with Crippen molar-refractivity contribution in [1.82, 2.24) is 14.9 Å². The maximum atomic E-state index is 6.37. The second-order valence-electron chi connectivity index (χ2n) is 7.00. The second kappa shape index (κ2) is 6.78. The average Bonchev–Trinajstić information content (AvgIpc) is 3.21. The molecule has 2 aromatic rings. The molecule has 24 heavy (non-hydrogen) atoms. The maximum Gasteiger partial charge on any atom is 0.137 e. The van der Waals surface area contributed by atoms with Gasteiger partial charge in [-0.15, -0.1) is 11.3 Å². The first kappa shape index (κ1) is 16.0. The summed E-state index contributed by atoms with van der Waals surface area (Å²) in [6.45, 7) is 5.89. The molecule has 5 nitrogen and oxygen atoms in total. The molecule has 0 aromatic carbocycles. The van der Waals surface area contributed by atoms with E-state index in [4.69, 9.17) is 9.47 Å². The number of hydrogen-bond acceptors (Lipinski definition) is 6. The summed E-state index contributed by atoms with van der Waals surface area (Å²) >= 11 is 1.74. The summed E-state index contributed by atoms with van der Waals surface area (Å²) < 4.78 is 12.3. The van der Waals surface area contributed by atoms with E-state index in [1.165, 1.54) is 5.01 Å². The first-order valence-electron chi connectivity index (χ1n) is 8.52. The topological polar surface area (TPSA) is 47.5 Å². The fraction of sp³-hybridized carbons (Fsp3) is 0.556. The fourth-order valence-corrected chi connectivity index (χ4v) is 4.49. The van der Waals surface area contributed by atoms with Gasteiger partial charge in [0.15, 0.2) is 0 Å². The van der Waals surface area contributed by atoms with Gasteiger partial charge in [-0.1, -0.05) is 0 Å². The van der Waals surface area contributed by atoms with Gasteiger partial charge in [0.1, 0.15) is 23.0 Å². The molecule has 0 saturated carbocycles. The van der Waals surface area contributed by atoms with Crippen LogP contribution in [0, 0.1) is 5.92 Å². The van der Waals surface area contributed by atoms with Crippen LogP contribution in [0.2, 0.25) is 0 Å². The van der Waals surface area contributed by atoms with Gasteiger partial charge in [0.05, 0.1) is 18.8 Å². The molecule has 0 amide bonds. The van der Waals surface area contributed by atoms with E-state index in [2.05, 4.69) is 21.8 Å². The summed E-state index contributed by atoms with van der Waals surface area (Å²) in [5.74, 6) is 1.39. The van der Waals surface area contributed by atoms with Crippen molar-refractivity contribution >= 4 is 11.3 Å². The first-order valence-corrected chi connectivity index (χ1v) is 9.40. The zero-order valence-corrected chi connectivity index (χ0v) is 14.7. The molecule has 6 heteroatoms. The minimum Gasteiger partial charge on any atom is -0.489 e. The number of piperidine rings is 1. The Morgan fingerprint density at radius 2 is 2.42 bits per heavy atom. The Labute approximate surface area is 146 Å². The molecule has 4 heterocycles. The monoisotopic (exact) mass is 345 g/mol. The van der Waals surface area contributed by atoms with E-state index < -0.39 is 0 Å². The fourth-order valence-electron chi connectivity index (χ4n) is 3.83. The number of rotatable bonds is 5. The quantitative estimate of drug-likeness (QED) is 0.834. The van der Waals surface area contributed by atoms with Crippen molar-refractivity contribution in [2.75, 3.05) is 19.7 Å². The van der Waals surface area contributed by atoms with Crippen LogP contribution in [0.3, 0.4) is 0 Å². The first-order chi connectivity index (χ1) is 11.7. The van der Waals surface area contributed by atoms with Crippen LogP contribution in [0.25, 0.3) is 0 Å². The zero-order chi connectivity index (χ0) is 16.4. The van der Waals surface area contributed by atoms with Crippen molar-refractivity contribution in [3.05, 3.63) is 41.1 Å². The van der Waals surface area contributed by atoms with Crippen LogP contribution < -0.4 is 4.74 Å². The van der Waals surface area contributed by atoms with E-state index in [9.17, 15) is 0 Å². The number of aromatic nitrogens is 2. The van der Waals surface area contributed by atoms with Crippen molar-refractivity contribution in [2.45, 2.75) is 38.0 Å². The summed E-state index contributed by atoms with van der Waals surface area (Å²) in [6.07, 6.45) is 7.90. The Morgan fingerprint density at radius 1 is 1.46 bits per heavy atom. The highest BCUT2D eigenvalue weighted by Crippen LogP contribution is 2.39. The lowest BCUT2D eigenvalue weighted by molar-refractivity contribution is -0.0698. The molecule has 128 valence electrons. The molecule has 0 unspecified atom stereocenters. The van der Waals surface area contributed by atoms with Crippen LogP contribution >= 0.6 is 11.3 Å². The van der Waals surface area contributed by atoms with Crippen molar-refractivity contribution in [1.29, 1.82) is 0 Å². The Balaban J connectivity index is 1.33. The minimum absolute atomic E-state index is 0.206. The summed E-state index contributed by atoms with van der Waals surface area (Å²) in [4.78, 5) is 11.0. The molecule has 4 rings (SSSR count). The molecule has 0 bridgehead atoms. The van der Waals surface area contributed by atoms with Gasteiger partial charge >= 0.3 is 0 Å². The lowest BCUT2D eigenvalue weighted by Crippen LogP contribution is -2.40. The van der Waals surface area contributed by atoms with Gasteiger partial charge in [0.2, 0.25) is 0 Å². The standard InChI is InChI=1S/C18H23N3O2S/c1-18(13-22-15-3-2-5-19-10-15)9-14-11-21(7-4-16(14)23-18)12-17-20-6-8-24-17/h2-3,5-6,8,10,14,16H,4,7,9,11-13H2,1H3/t14-,16+,18-/m1/s1. The number of thiazole rings is 1. The van der Waals surface area contributed by atoms with Gasteiger partial charge in [-0.3, -0.25) is 9.88 Å². The molecule has 2 aliphatic heterocycles. The van der Waals surface area contributed by atoms with E-state index in [0.717, 1.165) is 38.2 Å². The number of hydrogen-bond donors (Lipinski definition) is 0. The SMILES string of the molecule is C[C@]1(COc2cccnc2)C[C@@H]2CN(Cc3nccs3)CC[C@@H]2O1. The Bertz CT molecular complexity index is 652. The summed E-state index contributed by atoms with van der Waals surface area (Å²) in [6, 6.07) is 3.83. The summed E-state index contributed by atoms with van der Waals surface area (Å²) in [5, 5.41) is 3.25. The zero-order valence-electron chi connectivity index (χ0n) is 13.9. The van der Waals surface area contributed by atoms with Crippen LogP contribution in [0.1, 0.15) is 24.8 Å². The van der Waals surface area contributed by atoms with E-state index in [0.29, 0.717) is 18.6 Å². The van der Waals surface area contributed by atoms with Gasteiger partial charge in [0.25, 0.3) is 0 Å². The summed E-state index contributed by atoms with van der Waals surface area (Å²) in [7, 11) is 0. The molecule has 2 aromatic heterocycles. The Kier molecular flexibility index (Phi) is 4.52. The Morgan fingerprint density at radius 3 is 3.21 bits per heavy atom. The van der Waals surface area contributed by atoms with Crippen LogP contribution in [-0.4, -0.2) is 46.3 Å². The van der Waals surface area contributed by atoms with Crippen molar-refractivity contribution in [3.8, 4) is 5.75 Å². The largest absolute Gasteiger partial charge is 0.489 e. The van der Waals surface area contributed by atoms with Gasteiger partial charge in [0, 0.05) is 36.8 Å².